The summed E-state index contributed by atoms with van der Waals surface area (Å²) >= 11 is 6.10. The predicted octanol–water partition coefficient (Wildman–Crippen LogP) is 2.66. The number of aryl methyl sites for hydroxylation is 1. The number of rotatable bonds is 7. The van der Waals surface area contributed by atoms with E-state index in [1.54, 1.807) is 26.1 Å². The Balaban J connectivity index is 1.82. The van der Waals surface area contributed by atoms with E-state index in [2.05, 4.69) is 5.32 Å². The van der Waals surface area contributed by atoms with E-state index < -0.39 is 27.9 Å². The topological polar surface area (TPSA) is 107 Å². The van der Waals surface area contributed by atoms with Crippen LogP contribution in [0.3, 0.4) is 0 Å². The summed E-state index contributed by atoms with van der Waals surface area (Å²) in [5.41, 5.74) is 0.554. The van der Waals surface area contributed by atoms with E-state index in [-0.39, 0.29) is 23.7 Å². The third-order valence-electron chi connectivity index (χ3n) is 5.00. The number of nitrogens with zero attached hydrogens (tertiary/aromatic N) is 2. The standard InChI is InChI=1S/C20H24ClN3O6S/c1-4-30-20(26)17-11-14(12-23(17)2)31(27,28)24-9-5-6-16(24)19(25)22-13-7-8-18(29-3)15(21)10-13/h7-8,10-12,16H,4-6,9H2,1-3H3,(H,22,25)/t16-/m1/s1. The Morgan fingerprint density at radius 1 is 1.29 bits per heavy atom. The number of aromatic nitrogens is 1. The molecular weight excluding hydrogens is 446 g/mol. The first-order valence-corrected chi connectivity index (χ1v) is 11.5. The minimum Gasteiger partial charge on any atom is -0.495 e. The normalized spacial score (nSPS) is 16.8. The van der Waals surface area contributed by atoms with Crippen molar-refractivity contribution < 1.29 is 27.5 Å². The lowest BCUT2D eigenvalue weighted by molar-refractivity contribution is -0.119. The van der Waals surface area contributed by atoms with Gasteiger partial charge in [-0.05, 0) is 44.0 Å². The molecule has 1 fully saturated rings. The van der Waals surface area contributed by atoms with Crippen molar-refractivity contribution in [3.8, 4) is 5.75 Å². The predicted molar refractivity (Wildman–Crippen MR) is 115 cm³/mol. The third-order valence-corrected chi connectivity index (χ3v) is 7.17. The fraction of sp³-hybridized carbons (Fsp3) is 0.400. The zero-order valence-corrected chi connectivity index (χ0v) is 19.0. The van der Waals surface area contributed by atoms with Gasteiger partial charge in [0.1, 0.15) is 22.4 Å². The molecule has 0 unspecified atom stereocenters. The highest BCUT2D eigenvalue weighted by Crippen LogP contribution is 2.30. The Bertz CT molecular complexity index is 1100. The summed E-state index contributed by atoms with van der Waals surface area (Å²) in [5.74, 6) is -0.603. The van der Waals surface area contributed by atoms with Gasteiger partial charge in [0.05, 0.1) is 18.7 Å². The summed E-state index contributed by atoms with van der Waals surface area (Å²) in [6, 6.07) is 5.16. The number of halogens is 1. The van der Waals surface area contributed by atoms with Crippen LogP contribution in [0.4, 0.5) is 5.69 Å². The van der Waals surface area contributed by atoms with Crippen molar-refractivity contribution in [2.24, 2.45) is 7.05 Å². The number of esters is 1. The molecule has 3 rings (SSSR count). The maximum Gasteiger partial charge on any atom is 0.354 e. The number of carbonyl (C=O) groups is 2. The van der Waals surface area contributed by atoms with Crippen LogP contribution in [-0.2, 0) is 26.6 Å². The molecule has 1 N–H and O–H groups in total. The first kappa shape index (κ1) is 23.1. The smallest absolute Gasteiger partial charge is 0.354 e. The fourth-order valence-corrected chi connectivity index (χ4v) is 5.46. The molecule has 2 aromatic rings. The van der Waals surface area contributed by atoms with Crippen LogP contribution < -0.4 is 10.1 Å². The summed E-state index contributed by atoms with van der Waals surface area (Å²) in [4.78, 5) is 24.8. The molecule has 2 heterocycles. The van der Waals surface area contributed by atoms with E-state index in [0.29, 0.717) is 29.3 Å². The average molecular weight is 470 g/mol. The second-order valence-electron chi connectivity index (χ2n) is 7.00. The number of ether oxygens (including phenoxy) is 2. The van der Waals surface area contributed by atoms with Crippen molar-refractivity contribution in [1.29, 1.82) is 0 Å². The molecule has 0 radical (unpaired) electrons. The molecule has 1 aromatic heterocycles. The zero-order valence-electron chi connectivity index (χ0n) is 17.4. The summed E-state index contributed by atoms with van der Waals surface area (Å²) in [5, 5.41) is 3.04. The highest BCUT2D eigenvalue weighted by Gasteiger charge is 2.40. The Labute approximate surface area is 185 Å². The van der Waals surface area contributed by atoms with E-state index >= 15 is 0 Å². The van der Waals surface area contributed by atoms with Gasteiger partial charge in [0.2, 0.25) is 15.9 Å². The SMILES string of the molecule is CCOC(=O)c1cc(S(=O)(=O)N2CCC[C@@H]2C(=O)Nc2ccc(OC)c(Cl)c2)cn1C. The van der Waals surface area contributed by atoms with Gasteiger partial charge in [0.15, 0.2) is 0 Å². The maximum absolute atomic E-state index is 13.2. The molecule has 0 spiro atoms. The van der Waals surface area contributed by atoms with Crippen LogP contribution in [0.15, 0.2) is 35.4 Å². The molecule has 0 aliphatic carbocycles. The summed E-state index contributed by atoms with van der Waals surface area (Å²) in [7, 11) is -0.950. The minimum absolute atomic E-state index is 0.0646. The number of hydrogen-bond acceptors (Lipinski definition) is 6. The van der Waals surface area contributed by atoms with Crippen LogP contribution in [0.1, 0.15) is 30.3 Å². The van der Waals surface area contributed by atoms with E-state index in [1.807, 2.05) is 0 Å². The molecule has 1 amide bonds. The molecule has 1 aliphatic heterocycles. The van der Waals surface area contributed by atoms with Gasteiger partial charge in [-0.15, -0.1) is 0 Å². The van der Waals surface area contributed by atoms with Gasteiger partial charge in [-0.2, -0.15) is 4.31 Å². The van der Waals surface area contributed by atoms with Gasteiger partial charge < -0.3 is 19.4 Å². The van der Waals surface area contributed by atoms with Crippen molar-refractivity contribution in [2.45, 2.75) is 30.7 Å². The Morgan fingerprint density at radius 3 is 2.68 bits per heavy atom. The van der Waals surface area contributed by atoms with Crippen molar-refractivity contribution in [1.82, 2.24) is 8.87 Å². The van der Waals surface area contributed by atoms with Crippen molar-refractivity contribution >= 4 is 39.2 Å². The van der Waals surface area contributed by atoms with Gasteiger partial charge in [-0.25, -0.2) is 13.2 Å². The molecule has 9 nitrogen and oxygen atoms in total. The zero-order chi connectivity index (χ0) is 22.8. The molecule has 0 saturated carbocycles. The molecule has 168 valence electrons. The molecule has 0 bridgehead atoms. The lowest BCUT2D eigenvalue weighted by Crippen LogP contribution is -2.43. The monoisotopic (exact) mass is 469 g/mol. The van der Waals surface area contributed by atoms with Crippen molar-refractivity contribution in [2.75, 3.05) is 25.6 Å². The lowest BCUT2D eigenvalue weighted by atomic mass is 10.2. The summed E-state index contributed by atoms with van der Waals surface area (Å²) in [6.45, 7) is 2.05. The van der Waals surface area contributed by atoms with Gasteiger partial charge in [-0.1, -0.05) is 11.6 Å². The number of amides is 1. The van der Waals surface area contributed by atoms with Gasteiger partial charge in [0, 0.05) is 25.5 Å². The van der Waals surface area contributed by atoms with Crippen molar-refractivity contribution in [3.63, 3.8) is 0 Å². The van der Waals surface area contributed by atoms with Gasteiger partial charge in [0.25, 0.3) is 0 Å². The van der Waals surface area contributed by atoms with E-state index in [0.717, 1.165) is 4.31 Å². The average Bonchev–Trinajstić information content (AvgIpc) is 3.36. The molecule has 1 atom stereocenters. The van der Waals surface area contributed by atoms with Gasteiger partial charge in [-0.3, -0.25) is 4.79 Å². The first-order chi connectivity index (χ1) is 14.7. The van der Waals surface area contributed by atoms with Crippen LogP contribution in [0.2, 0.25) is 5.02 Å². The second kappa shape index (κ2) is 9.29. The number of benzene rings is 1. The molecular formula is C20H24ClN3O6S. The minimum atomic E-state index is -4.00. The molecule has 1 aliphatic rings. The summed E-state index contributed by atoms with van der Waals surface area (Å²) in [6.07, 6.45) is 2.27. The van der Waals surface area contributed by atoms with Gasteiger partial charge >= 0.3 is 5.97 Å². The van der Waals surface area contributed by atoms with E-state index in [9.17, 15) is 18.0 Å². The van der Waals surface area contributed by atoms with E-state index in [4.69, 9.17) is 21.1 Å². The number of nitrogens with one attached hydrogen (secondary N) is 1. The Hall–Kier alpha value is -2.56. The number of sulfonamides is 1. The van der Waals surface area contributed by atoms with E-state index in [1.165, 1.54) is 30.0 Å². The largest absolute Gasteiger partial charge is 0.495 e. The number of hydrogen-bond donors (Lipinski definition) is 1. The lowest BCUT2D eigenvalue weighted by Gasteiger charge is -2.23. The third kappa shape index (κ3) is 4.70. The van der Waals surface area contributed by atoms with Crippen molar-refractivity contribution in [3.05, 3.63) is 41.2 Å². The number of methoxy groups -OCH3 is 1. The molecule has 11 heteroatoms. The molecule has 1 aromatic carbocycles. The Morgan fingerprint density at radius 2 is 2.03 bits per heavy atom. The van der Waals surface area contributed by atoms with Crippen LogP contribution >= 0.6 is 11.6 Å². The molecule has 31 heavy (non-hydrogen) atoms. The van der Waals surface area contributed by atoms with Crippen LogP contribution in [0.5, 0.6) is 5.75 Å². The van der Waals surface area contributed by atoms with Crippen LogP contribution in [-0.4, -0.2) is 55.5 Å². The quantitative estimate of drug-likeness (QED) is 0.625. The number of anilines is 1. The highest BCUT2D eigenvalue weighted by molar-refractivity contribution is 7.89. The Kier molecular flexibility index (Phi) is 6.93. The maximum atomic E-state index is 13.2. The summed E-state index contributed by atoms with van der Waals surface area (Å²) < 4.78 is 39.1. The second-order valence-corrected chi connectivity index (χ2v) is 9.30. The highest BCUT2D eigenvalue weighted by atomic mass is 35.5. The van der Waals surface area contributed by atoms with Crippen LogP contribution in [0.25, 0.3) is 0 Å². The van der Waals surface area contributed by atoms with Crippen LogP contribution in [0, 0.1) is 0 Å². The number of carbonyl (C=O) groups excluding carboxylic acids is 2. The first-order valence-electron chi connectivity index (χ1n) is 9.68. The fourth-order valence-electron chi connectivity index (χ4n) is 3.48. The molecule has 1 saturated heterocycles.